The second-order valence-corrected chi connectivity index (χ2v) is 5.91. The van der Waals surface area contributed by atoms with Crippen LogP contribution in [-0.4, -0.2) is 30.6 Å². The van der Waals surface area contributed by atoms with Crippen LogP contribution >= 0.6 is 0 Å². The molecule has 1 saturated heterocycles. The molecule has 1 fully saturated rings. The Kier molecular flexibility index (Phi) is 5.41. The van der Waals surface area contributed by atoms with Crippen molar-refractivity contribution >= 4 is 0 Å². The lowest BCUT2D eigenvalue weighted by atomic mass is 9.91. The van der Waals surface area contributed by atoms with Crippen molar-refractivity contribution in [2.75, 3.05) is 19.6 Å². The second kappa shape index (κ2) is 7.06. The third-order valence-electron chi connectivity index (χ3n) is 4.43. The SMILES string of the molecule is CCNC(C)C1CCCN(Cc2ccccc2C)C1. The molecule has 2 unspecified atom stereocenters. The summed E-state index contributed by atoms with van der Waals surface area (Å²) in [5.74, 6) is 0.803. The number of hydrogen-bond donors (Lipinski definition) is 1. The van der Waals surface area contributed by atoms with Crippen LogP contribution < -0.4 is 5.32 Å². The number of rotatable bonds is 5. The number of hydrogen-bond acceptors (Lipinski definition) is 2. The summed E-state index contributed by atoms with van der Waals surface area (Å²) in [6, 6.07) is 9.42. The Balaban J connectivity index is 1.92. The third-order valence-corrected chi connectivity index (χ3v) is 4.43. The maximum atomic E-state index is 3.58. The number of benzene rings is 1. The summed E-state index contributed by atoms with van der Waals surface area (Å²) in [6.45, 7) is 11.4. The van der Waals surface area contributed by atoms with Gasteiger partial charge < -0.3 is 5.32 Å². The molecule has 1 aromatic carbocycles. The molecule has 2 rings (SSSR count). The van der Waals surface area contributed by atoms with Gasteiger partial charge in [-0.25, -0.2) is 0 Å². The summed E-state index contributed by atoms with van der Waals surface area (Å²) < 4.78 is 0. The molecule has 2 nitrogen and oxygen atoms in total. The van der Waals surface area contributed by atoms with E-state index in [0.717, 1.165) is 19.0 Å². The van der Waals surface area contributed by atoms with E-state index in [2.05, 4.69) is 55.3 Å². The van der Waals surface area contributed by atoms with Gasteiger partial charge in [-0.05, 0) is 56.8 Å². The quantitative estimate of drug-likeness (QED) is 0.874. The first-order chi connectivity index (χ1) is 9.20. The van der Waals surface area contributed by atoms with Gasteiger partial charge in [0, 0.05) is 19.1 Å². The Morgan fingerprint density at radius 3 is 2.89 bits per heavy atom. The van der Waals surface area contributed by atoms with E-state index in [1.807, 2.05) is 0 Å². The molecular formula is C17H28N2. The molecule has 106 valence electrons. The number of likely N-dealkylation sites (tertiary alicyclic amines) is 1. The lowest BCUT2D eigenvalue weighted by Crippen LogP contribution is -2.44. The first-order valence-electron chi connectivity index (χ1n) is 7.71. The van der Waals surface area contributed by atoms with E-state index in [-0.39, 0.29) is 0 Å². The van der Waals surface area contributed by atoms with Gasteiger partial charge in [0.05, 0.1) is 0 Å². The van der Waals surface area contributed by atoms with Gasteiger partial charge in [-0.1, -0.05) is 31.2 Å². The molecule has 0 radical (unpaired) electrons. The van der Waals surface area contributed by atoms with Crippen molar-refractivity contribution in [2.45, 2.75) is 46.2 Å². The van der Waals surface area contributed by atoms with Crippen LogP contribution in [0.3, 0.4) is 0 Å². The van der Waals surface area contributed by atoms with Crippen molar-refractivity contribution in [3.63, 3.8) is 0 Å². The molecule has 0 bridgehead atoms. The summed E-state index contributed by atoms with van der Waals surface area (Å²) in [5, 5.41) is 3.58. The summed E-state index contributed by atoms with van der Waals surface area (Å²) in [4.78, 5) is 2.63. The van der Waals surface area contributed by atoms with Gasteiger partial charge in [-0.2, -0.15) is 0 Å². The fourth-order valence-electron chi connectivity index (χ4n) is 3.16. The highest BCUT2D eigenvalue weighted by Gasteiger charge is 2.24. The van der Waals surface area contributed by atoms with E-state index in [1.165, 1.54) is 37.1 Å². The van der Waals surface area contributed by atoms with Crippen molar-refractivity contribution in [1.29, 1.82) is 0 Å². The maximum Gasteiger partial charge on any atom is 0.0236 e. The Bertz CT molecular complexity index is 389. The molecule has 0 amide bonds. The molecule has 19 heavy (non-hydrogen) atoms. The van der Waals surface area contributed by atoms with E-state index >= 15 is 0 Å². The molecule has 1 N–H and O–H groups in total. The highest BCUT2D eigenvalue weighted by Crippen LogP contribution is 2.22. The van der Waals surface area contributed by atoms with Crippen LogP contribution in [0, 0.1) is 12.8 Å². The number of nitrogens with one attached hydrogen (secondary N) is 1. The third kappa shape index (κ3) is 4.05. The average Bonchev–Trinajstić information content (AvgIpc) is 2.42. The predicted molar refractivity (Wildman–Crippen MR) is 82.3 cm³/mol. The highest BCUT2D eigenvalue weighted by atomic mass is 15.1. The smallest absolute Gasteiger partial charge is 0.0236 e. The number of piperidine rings is 1. The number of nitrogens with zero attached hydrogens (tertiary/aromatic N) is 1. The molecule has 0 aliphatic carbocycles. The van der Waals surface area contributed by atoms with Crippen molar-refractivity contribution in [3.8, 4) is 0 Å². The van der Waals surface area contributed by atoms with E-state index in [9.17, 15) is 0 Å². The van der Waals surface area contributed by atoms with E-state index in [4.69, 9.17) is 0 Å². The van der Waals surface area contributed by atoms with Crippen molar-refractivity contribution in [3.05, 3.63) is 35.4 Å². The van der Waals surface area contributed by atoms with Gasteiger partial charge in [-0.15, -0.1) is 0 Å². The fourth-order valence-corrected chi connectivity index (χ4v) is 3.16. The van der Waals surface area contributed by atoms with Gasteiger partial charge in [0.1, 0.15) is 0 Å². The number of aryl methyl sites for hydroxylation is 1. The van der Waals surface area contributed by atoms with Gasteiger partial charge >= 0.3 is 0 Å². The highest BCUT2D eigenvalue weighted by molar-refractivity contribution is 5.25. The summed E-state index contributed by atoms with van der Waals surface area (Å²) in [5.41, 5.74) is 2.91. The van der Waals surface area contributed by atoms with Crippen LogP contribution in [0.2, 0.25) is 0 Å². The fraction of sp³-hybridized carbons (Fsp3) is 0.647. The molecule has 1 aromatic rings. The predicted octanol–water partition coefficient (Wildman–Crippen LogP) is 3.21. The normalized spacial score (nSPS) is 22.4. The Labute approximate surface area is 118 Å². The maximum absolute atomic E-state index is 3.58. The lowest BCUT2D eigenvalue weighted by molar-refractivity contribution is 0.145. The zero-order valence-corrected chi connectivity index (χ0v) is 12.7. The lowest BCUT2D eigenvalue weighted by Gasteiger charge is -2.36. The molecule has 2 heteroatoms. The van der Waals surface area contributed by atoms with Crippen LogP contribution in [0.25, 0.3) is 0 Å². The second-order valence-electron chi connectivity index (χ2n) is 5.91. The van der Waals surface area contributed by atoms with Gasteiger partial charge in [0.15, 0.2) is 0 Å². The van der Waals surface area contributed by atoms with Crippen LogP contribution in [-0.2, 0) is 6.54 Å². The summed E-state index contributed by atoms with van der Waals surface area (Å²) in [7, 11) is 0. The van der Waals surface area contributed by atoms with Gasteiger partial charge in [0.2, 0.25) is 0 Å². The zero-order valence-electron chi connectivity index (χ0n) is 12.7. The molecule has 1 aliphatic rings. The average molecular weight is 260 g/mol. The topological polar surface area (TPSA) is 15.3 Å². The monoisotopic (exact) mass is 260 g/mol. The molecule has 0 saturated carbocycles. The van der Waals surface area contributed by atoms with Gasteiger partial charge in [0.25, 0.3) is 0 Å². The molecule has 0 aromatic heterocycles. The zero-order chi connectivity index (χ0) is 13.7. The van der Waals surface area contributed by atoms with Crippen LogP contribution in [0.4, 0.5) is 0 Å². The van der Waals surface area contributed by atoms with Crippen molar-refractivity contribution in [2.24, 2.45) is 5.92 Å². The molecular weight excluding hydrogens is 232 g/mol. The van der Waals surface area contributed by atoms with Gasteiger partial charge in [-0.3, -0.25) is 4.90 Å². The first kappa shape index (κ1) is 14.5. The molecule has 2 atom stereocenters. The van der Waals surface area contributed by atoms with E-state index < -0.39 is 0 Å². The van der Waals surface area contributed by atoms with Crippen LogP contribution in [0.1, 0.15) is 37.8 Å². The molecule has 0 spiro atoms. The van der Waals surface area contributed by atoms with E-state index in [0.29, 0.717) is 6.04 Å². The van der Waals surface area contributed by atoms with Crippen molar-refractivity contribution < 1.29 is 0 Å². The van der Waals surface area contributed by atoms with Crippen molar-refractivity contribution in [1.82, 2.24) is 10.2 Å². The Hall–Kier alpha value is -0.860. The Morgan fingerprint density at radius 1 is 1.37 bits per heavy atom. The summed E-state index contributed by atoms with van der Waals surface area (Å²) in [6.07, 6.45) is 2.71. The van der Waals surface area contributed by atoms with E-state index in [1.54, 1.807) is 0 Å². The summed E-state index contributed by atoms with van der Waals surface area (Å²) >= 11 is 0. The Morgan fingerprint density at radius 2 is 2.16 bits per heavy atom. The van der Waals surface area contributed by atoms with Crippen LogP contribution in [0.15, 0.2) is 24.3 Å². The molecule has 1 aliphatic heterocycles. The first-order valence-corrected chi connectivity index (χ1v) is 7.71. The minimum Gasteiger partial charge on any atom is -0.314 e. The minimum absolute atomic E-state index is 0.643. The molecule has 1 heterocycles. The van der Waals surface area contributed by atoms with Crippen LogP contribution in [0.5, 0.6) is 0 Å². The standard InChI is InChI=1S/C17H28N2/c1-4-18-15(3)17-10-7-11-19(13-17)12-16-9-6-5-8-14(16)2/h5-6,8-9,15,17-18H,4,7,10-13H2,1-3H3. The largest absolute Gasteiger partial charge is 0.314 e. The minimum atomic E-state index is 0.643.